The largest absolute Gasteiger partial charge is 0.497 e. The first-order chi connectivity index (χ1) is 17.5. The van der Waals surface area contributed by atoms with Gasteiger partial charge in [0.15, 0.2) is 11.2 Å². The maximum absolute atomic E-state index is 12.9. The molecule has 0 radical (unpaired) electrons. The molecule has 0 unspecified atom stereocenters. The van der Waals surface area contributed by atoms with Crippen molar-refractivity contribution in [1.82, 2.24) is 34.2 Å². The second kappa shape index (κ2) is 9.53. The second-order valence-electron chi connectivity index (χ2n) is 8.38. The minimum absolute atomic E-state index is 0.0147. The van der Waals surface area contributed by atoms with E-state index in [2.05, 4.69) is 25.0 Å². The molecule has 1 saturated heterocycles. The fourth-order valence-corrected chi connectivity index (χ4v) is 4.33. The lowest BCUT2D eigenvalue weighted by Gasteiger charge is -2.36. The monoisotopic (exact) mass is 487 g/mol. The Hall–Kier alpha value is -4.66. The maximum atomic E-state index is 12.9. The van der Waals surface area contributed by atoms with Gasteiger partial charge in [-0.3, -0.25) is 18.8 Å². The number of carbonyl (C=O) groups is 1. The molecule has 36 heavy (non-hydrogen) atoms. The predicted molar refractivity (Wildman–Crippen MR) is 132 cm³/mol. The molecule has 12 heteroatoms. The highest BCUT2D eigenvalue weighted by molar-refractivity contribution is 5.77. The Morgan fingerprint density at radius 2 is 2.03 bits per heavy atom. The van der Waals surface area contributed by atoms with Gasteiger partial charge >= 0.3 is 0 Å². The van der Waals surface area contributed by atoms with E-state index in [1.165, 1.54) is 4.57 Å². The van der Waals surface area contributed by atoms with Crippen LogP contribution in [-0.2, 0) is 17.9 Å². The number of hydrogen-bond acceptors (Lipinski definition) is 8. The van der Waals surface area contributed by atoms with Gasteiger partial charge in [-0.2, -0.15) is 15.3 Å². The molecule has 0 saturated carbocycles. The Labute approximate surface area is 206 Å². The van der Waals surface area contributed by atoms with Crippen LogP contribution in [0, 0.1) is 11.3 Å². The van der Waals surface area contributed by atoms with E-state index in [-0.39, 0.29) is 35.0 Å². The molecule has 1 amide bonds. The van der Waals surface area contributed by atoms with Crippen LogP contribution < -0.4 is 15.2 Å². The second-order valence-corrected chi connectivity index (χ2v) is 8.38. The number of rotatable bonds is 6. The van der Waals surface area contributed by atoms with Gasteiger partial charge in [0.1, 0.15) is 24.2 Å². The summed E-state index contributed by atoms with van der Waals surface area (Å²) in [5.41, 5.74) is 1.74. The van der Waals surface area contributed by atoms with Gasteiger partial charge in [0.2, 0.25) is 11.7 Å². The number of nitrogens with one attached hydrogen (secondary N) is 1. The first-order valence-corrected chi connectivity index (χ1v) is 11.6. The number of ether oxygens (including phenoxy) is 1. The SMILES string of the molecule is CCn1c(C#N)nc2nc(-c3cnn(CC(=O)N4CCN(c5cccc(OC)c5)CC4)c3)[nH]c2c1=O. The first-order valence-electron chi connectivity index (χ1n) is 11.6. The minimum Gasteiger partial charge on any atom is -0.497 e. The summed E-state index contributed by atoms with van der Waals surface area (Å²) >= 11 is 0. The van der Waals surface area contributed by atoms with Gasteiger partial charge in [0.25, 0.3) is 5.56 Å². The standard InChI is InChI=1S/C24H25N9O3/c1-3-33-19(12-25)27-23-21(24(33)35)28-22(29-23)16-13-26-32(14-16)15-20(34)31-9-7-30(8-10-31)17-5-4-6-18(11-17)36-2/h4-6,11,13-14H,3,7-10,15H2,1-2H3,(H,28,29). The van der Waals surface area contributed by atoms with Gasteiger partial charge in [-0.1, -0.05) is 6.07 Å². The third-order valence-electron chi connectivity index (χ3n) is 6.28. The quantitative estimate of drug-likeness (QED) is 0.429. The molecule has 1 fully saturated rings. The lowest BCUT2D eigenvalue weighted by Crippen LogP contribution is -2.49. The van der Waals surface area contributed by atoms with Crippen LogP contribution in [0.3, 0.4) is 0 Å². The van der Waals surface area contributed by atoms with Crippen molar-refractivity contribution in [3.8, 4) is 23.2 Å². The Kier molecular flexibility index (Phi) is 6.12. The summed E-state index contributed by atoms with van der Waals surface area (Å²) in [5, 5.41) is 13.6. The van der Waals surface area contributed by atoms with Crippen LogP contribution >= 0.6 is 0 Å². The van der Waals surface area contributed by atoms with Gasteiger partial charge < -0.3 is 19.5 Å². The molecular weight excluding hydrogens is 462 g/mol. The van der Waals surface area contributed by atoms with Crippen molar-refractivity contribution in [3.63, 3.8) is 0 Å². The average Bonchev–Trinajstić information content (AvgIpc) is 3.56. The number of aromatic nitrogens is 6. The maximum Gasteiger partial charge on any atom is 0.280 e. The molecule has 5 rings (SSSR count). The van der Waals surface area contributed by atoms with Crippen LogP contribution in [0.2, 0.25) is 0 Å². The molecule has 0 aliphatic carbocycles. The van der Waals surface area contributed by atoms with E-state index in [1.54, 1.807) is 31.1 Å². The number of fused-ring (bicyclic) bond motifs is 1. The van der Waals surface area contributed by atoms with Crippen molar-refractivity contribution in [2.75, 3.05) is 38.2 Å². The third-order valence-corrected chi connectivity index (χ3v) is 6.28. The van der Waals surface area contributed by atoms with E-state index >= 15 is 0 Å². The highest BCUT2D eigenvalue weighted by Gasteiger charge is 2.22. The molecule has 0 bridgehead atoms. The van der Waals surface area contributed by atoms with Crippen molar-refractivity contribution in [3.05, 3.63) is 52.8 Å². The fraction of sp³-hybridized carbons (Fsp3) is 0.333. The summed E-state index contributed by atoms with van der Waals surface area (Å²) in [4.78, 5) is 41.2. The number of nitriles is 1. The lowest BCUT2D eigenvalue weighted by molar-refractivity contribution is -0.132. The molecule has 0 atom stereocenters. The molecule has 1 aliphatic rings. The highest BCUT2D eigenvalue weighted by atomic mass is 16.5. The normalized spacial score (nSPS) is 13.7. The van der Waals surface area contributed by atoms with E-state index in [9.17, 15) is 14.9 Å². The van der Waals surface area contributed by atoms with Crippen molar-refractivity contribution in [2.45, 2.75) is 20.0 Å². The van der Waals surface area contributed by atoms with Crippen molar-refractivity contribution in [2.24, 2.45) is 0 Å². The number of benzene rings is 1. The van der Waals surface area contributed by atoms with Gasteiger partial charge in [-0.25, -0.2) is 4.98 Å². The van der Waals surface area contributed by atoms with Gasteiger partial charge in [0, 0.05) is 50.7 Å². The number of aromatic amines is 1. The Balaban J connectivity index is 1.26. The number of anilines is 1. The number of methoxy groups -OCH3 is 1. The summed E-state index contributed by atoms with van der Waals surface area (Å²) in [6, 6.07) is 9.84. The number of H-pyrrole nitrogens is 1. The summed E-state index contributed by atoms with van der Waals surface area (Å²) < 4.78 is 8.15. The van der Waals surface area contributed by atoms with E-state index in [1.807, 2.05) is 35.2 Å². The molecule has 4 aromatic rings. The van der Waals surface area contributed by atoms with Crippen LogP contribution in [0.1, 0.15) is 12.7 Å². The first kappa shape index (κ1) is 23.1. The van der Waals surface area contributed by atoms with Crippen molar-refractivity contribution >= 4 is 22.8 Å². The number of hydrogen-bond donors (Lipinski definition) is 1. The molecule has 0 spiro atoms. The van der Waals surface area contributed by atoms with Gasteiger partial charge in [-0.15, -0.1) is 0 Å². The summed E-state index contributed by atoms with van der Waals surface area (Å²) in [6.45, 7) is 4.89. The molecule has 1 aliphatic heterocycles. The van der Waals surface area contributed by atoms with E-state index < -0.39 is 0 Å². The van der Waals surface area contributed by atoms with Crippen LogP contribution in [0.4, 0.5) is 5.69 Å². The van der Waals surface area contributed by atoms with E-state index in [0.717, 1.165) is 24.5 Å². The summed E-state index contributed by atoms with van der Waals surface area (Å²) in [6.07, 6.45) is 3.28. The van der Waals surface area contributed by atoms with Crippen LogP contribution in [0.5, 0.6) is 5.75 Å². The predicted octanol–water partition coefficient (Wildman–Crippen LogP) is 1.23. The van der Waals surface area contributed by atoms with Crippen LogP contribution in [0.15, 0.2) is 41.5 Å². The minimum atomic E-state index is -0.353. The highest BCUT2D eigenvalue weighted by Crippen LogP contribution is 2.22. The molecule has 1 N–H and O–H groups in total. The zero-order chi connectivity index (χ0) is 25.2. The van der Waals surface area contributed by atoms with Crippen LogP contribution in [-0.4, -0.2) is 73.4 Å². The molecular formula is C24H25N9O3. The molecule has 3 aromatic heterocycles. The molecule has 12 nitrogen and oxygen atoms in total. The fourth-order valence-electron chi connectivity index (χ4n) is 4.33. The smallest absolute Gasteiger partial charge is 0.280 e. The zero-order valence-corrected chi connectivity index (χ0v) is 20.0. The Morgan fingerprint density at radius 3 is 2.75 bits per heavy atom. The van der Waals surface area contributed by atoms with E-state index in [0.29, 0.717) is 31.0 Å². The van der Waals surface area contributed by atoms with Crippen molar-refractivity contribution < 1.29 is 9.53 Å². The molecule has 4 heterocycles. The molecule has 184 valence electrons. The van der Waals surface area contributed by atoms with E-state index in [4.69, 9.17) is 4.74 Å². The number of nitrogens with zero attached hydrogens (tertiary/aromatic N) is 8. The number of amides is 1. The summed E-state index contributed by atoms with van der Waals surface area (Å²) in [5.74, 6) is 1.20. The van der Waals surface area contributed by atoms with Gasteiger partial charge in [0.05, 0.1) is 18.9 Å². The van der Waals surface area contributed by atoms with Crippen LogP contribution in [0.25, 0.3) is 22.6 Å². The number of imidazole rings is 1. The topological polar surface area (TPSA) is 138 Å². The third kappa shape index (κ3) is 4.26. The van der Waals surface area contributed by atoms with Crippen molar-refractivity contribution in [1.29, 1.82) is 5.26 Å². The Morgan fingerprint density at radius 1 is 1.22 bits per heavy atom. The summed E-state index contributed by atoms with van der Waals surface area (Å²) in [7, 11) is 1.65. The lowest BCUT2D eigenvalue weighted by atomic mass is 10.2. The zero-order valence-electron chi connectivity index (χ0n) is 20.0. The average molecular weight is 488 g/mol. The number of carbonyl (C=O) groups excluding carboxylic acids is 1. The van der Waals surface area contributed by atoms with Gasteiger partial charge in [-0.05, 0) is 19.1 Å². The number of piperazine rings is 1. The molecule has 1 aromatic carbocycles. The Bertz CT molecular complexity index is 1520.